The van der Waals surface area contributed by atoms with Gasteiger partial charge in [0.25, 0.3) is 0 Å². The summed E-state index contributed by atoms with van der Waals surface area (Å²) in [7, 11) is 0. The fourth-order valence-electron chi connectivity index (χ4n) is 4.15. The molecule has 2 nitrogen and oxygen atoms in total. The Morgan fingerprint density at radius 3 is 2.69 bits per heavy atom. The summed E-state index contributed by atoms with van der Waals surface area (Å²) in [5.41, 5.74) is 0. The topological polar surface area (TPSA) is 15.3 Å². The van der Waals surface area contributed by atoms with Crippen molar-refractivity contribution < 1.29 is 0 Å². The number of fused-ring (bicyclic) bond motifs is 1. The zero-order valence-corrected chi connectivity index (χ0v) is 10.5. The van der Waals surface area contributed by atoms with E-state index in [0.29, 0.717) is 0 Å². The molecule has 0 radical (unpaired) electrons. The number of rotatable bonds is 2. The molecule has 2 aliphatic heterocycles. The van der Waals surface area contributed by atoms with Crippen molar-refractivity contribution in [2.75, 3.05) is 19.6 Å². The monoisotopic (exact) mass is 222 g/mol. The molecule has 3 fully saturated rings. The van der Waals surface area contributed by atoms with Crippen molar-refractivity contribution in [2.24, 2.45) is 5.92 Å². The first-order valence-electron chi connectivity index (χ1n) is 7.41. The van der Waals surface area contributed by atoms with Crippen LogP contribution in [0.4, 0.5) is 0 Å². The molecule has 0 bridgehead atoms. The summed E-state index contributed by atoms with van der Waals surface area (Å²) in [5, 5.41) is 3.66. The summed E-state index contributed by atoms with van der Waals surface area (Å²) < 4.78 is 0. The molecule has 0 unspecified atom stereocenters. The molecule has 3 rings (SSSR count). The number of piperidine rings is 1. The molecule has 92 valence electrons. The van der Waals surface area contributed by atoms with Crippen LogP contribution in [0.1, 0.15) is 51.4 Å². The lowest BCUT2D eigenvalue weighted by molar-refractivity contribution is 0.0546. The molecule has 2 saturated heterocycles. The fourth-order valence-corrected chi connectivity index (χ4v) is 4.15. The SMILES string of the molecule is C1CN[C@@H](CN2CCC[C@H]3CCCC[C@H]32)C1. The Morgan fingerprint density at radius 2 is 1.81 bits per heavy atom. The van der Waals surface area contributed by atoms with Gasteiger partial charge < -0.3 is 5.32 Å². The number of nitrogens with one attached hydrogen (secondary N) is 1. The van der Waals surface area contributed by atoms with E-state index in [0.717, 1.165) is 18.0 Å². The van der Waals surface area contributed by atoms with Crippen molar-refractivity contribution in [1.29, 1.82) is 0 Å². The van der Waals surface area contributed by atoms with E-state index in [1.54, 1.807) is 0 Å². The van der Waals surface area contributed by atoms with E-state index >= 15 is 0 Å². The highest BCUT2D eigenvalue weighted by Crippen LogP contribution is 2.35. The predicted octanol–water partition coefficient (Wildman–Crippen LogP) is 2.39. The smallest absolute Gasteiger partial charge is 0.0195 e. The number of likely N-dealkylation sites (tertiary alicyclic amines) is 1. The Hall–Kier alpha value is -0.0800. The highest BCUT2D eigenvalue weighted by atomic mass is 15.2. The van der Waals surface area contributed by atoms with Crippen molar-refractivity contribution >= 4 is 0 Å². The van der Waals surface area contributed by atoms with Crippen LogP contribution in [0.3, 0.4) is 0 Å². The Balaban J connectivity index is 1.59. The second-order valence-electron chi connectivity index (χ2n) is 6.04. The lowest BCUT2D eigenvalue weighted by Crippen LogP contribution is -2.50. The van der Waals surface area contributed by atoms with Crippen molar-refractivity contribution in [3.8, 4) is 0 Å². The van der Waals surface area contributed by atoms with E-state index < -0.39 is 0 Å². The standard InChI is InChI=1S/C14H26N2/c1-2-8-14-12(5-1)6-4-10-16(14)11-13-7-3-9-15-13/h12-15H,1-11H2/t12-,13-,14-/m1/s1. The minimum Gasteiger partial charge on any atom is -0.313 e. The molecule has 0 spiro atoms. The zero-order chi connectivity index (χ0) is 10.8. The van der Waals surface area contributed by atoms with Crippen LogP contribution in [0.25, 0.3) is 0 Å². The number of hydrogen-bond donors (Lipinski definition) is 1. The molecule has 3 aliphatic rings. The lowest BCUT2D eigenvalue weighted by Gasteiger charge is -2.45. The van der Waals surface area contributed by atoms with Gasteiger partial charge in [0, 0.05) is 18.6 Å². The van der Waals surface area contributed by atoms with E-state index in [4.69, 9.17) is 0 Å². The maximum absolute atomic E-state index is 3.66. The first-order chi connectivity index (χ1) is 7.93. The van der Waals surface area contributed by atoms with Gasteiger partial charge in [0.05, 0.1) is 0 Å². The highest BCUT2D eigenvalue weighted by Gasteiger charge is 2.34. The van der Waals surface area contributed by atoms with Crippen LogP contribution in [-0.2, 0) is 0 Å². The molecular formula is C14H26N2. The van der Waals surface area contributed by atoms with E-state index in [-0.39, 0.29) is 0 Å². The number of hydrogen-bond acceptors (Lipinski definition) is 2. The Morgan fingerprint density at radius 1 is 0.938 bits per heavy atom. The average Bonchev–Trinajstić information content (AvgIpc) is 2.82. The summed E-state index contributed by atoms with van der Waals surface area (Å²) in [5.74, 6) is 1.05. The summed E-state index contributed by atoms with van der Waals surface area (Å²) >= 11 is 0. The third kappa shape index (κ3) is 2.28. The molecule has 3 atom stereocenters. The third-order valence-corrected chi connectivity index (χ3v) is 4.98. The molecule has 1 N–H and O–H groups in total. The quantitative estimate of drug-likeness (QED) is 0.772. The van der Waals surface area contributed by atoms with Gasteiger partial charge in [-0.2, -0.15) is 0 Å². The van der Waals surface area contributed by atoms with Gasteiger partial charge in [0.1, 0.15) is 0 Å². The van der Waals surface area contributed by atoms with Crippen LogP contribution in [0.5, 0.6) is 0 Å². The van der Waals surface area contributed by atoms with Crippen LogP contribution in [0, 0.1) is 5.92 Å². The average molecular weight is 222 g/mol. The minimum absolute atomic E-state index is 0.806. The molecule has 1 saturated carbocycles. The van der Waals surface area contributed by atoms with Crippen molar-refractivity contribution in [3.05, 3.63) is 0 Å². The van der Waals surface area contributed by atoms with E-state index in [2.05, 4.69) is 10.2 Å². The van der Waals surface area contributed by atoms with Gasteiger partial charge in [0.15, 0.2) is 0 Å². The molecule has 2 heterocycles. The van der Waals surface area contributed by atoms with E-state index in [1.165, 1.54) is 71.0 Å². The lowest BCUT2D eigenvalue weighted by atomic mass is 9.78. The molecular weight excluding hydrogens is 196 g/mol. The molecule has 0 aromatic carbocycles. The summed E-state index contributed by atoms with van der Waals surface area (Å²) in [6.07, 6.45) is 11.7. The Bertz CT molecular complexity index is 221. The summed E-state index contributed by atoms with van der Waals surface area (Å²) in [4.78, 5) is 2.83. The first-order valence-corrected chi connectivity index (χ1v) is 7.41. The third-order valence-electron chi connectivity index (χ3n) is 4.98. The van der Waals surface area contributed by atoms with E-state index in [9.17, 15) is 0 Å². The van der Waals surface area contributed by atoms with Crippen molar-refractivity contribution in [3.63, 3.8) is 0 Å². The van der Waals surface area contributed by atoms with Gasteiger partial charge in [0.2, 0.25) is 0 Å². The van der Waals surface area contributed by atoms with Crippen LogP contribution < -0.4 is 5.32 Å². The Labute approximate surface area is 99.8 Å². The summed E-state index contributed by atoms with van der Waals surface area (Å²) in [6, 6.07) is 1.76. The van der Waals surface area contributed by atoms with Crippen LogP contribution >= 0.6 is 0 Å². The van der Waals surface area contributed by atoms with Crippen LogP contribution in [0.15, 0.2) is 0 Å². The maximum Gasteiger partial charge on any atom is 0.0195 e. The fraction of sp³-hybridized carbons (Fsp3) is 1.00. The highest BCUT2D eigenvalue weighted by molar-refractivity contribution is 4.90. The molecule has 2 heteroatoms. The number of nitrogens with zero attached hydrogens (tertiary/aromatic N) is 1. The normalized spacial score (nSPS) is 40.9. The van der Waals surface area contributed by atoms with Gasteiger partial charge in [-0.1, -0.05) is 12.8 Å². The van der Waals surface area contributed by atoms with Crippen LogP contribution in [0.2, 0.25) is 0 Å². The summed E-state index contributed by atoms with van der Waals surface area (Å²) in [6.45, 7) is 3.97. The van der Waals surface area contributed by atoms with Crippen molar-refractivity contribution in [2.45, 2.75) is 63.5 Å². The minimum atomic E-state index is 0.806. The molecule has 0 aromatic rings. The predicted molar refractivity (Wildman–Crippen MR) is 67.6 cm³/mol. The van der Waals surface area contributed by atoms with Gasteiger partial charge in [-0.3, -0.25) is 4.90 Å². The molecule has 0 aromatic heterocycles. The largest absolute Gasteiger partial charge is 0.313 e. The molecule has 1 aliphatic carbocycles. The van der Waals surface area contributed by atoms with Gasteiger partial charge in [-0.25, -0.2) is 0 Å². The Kier molecular flexibility index (Phi) is 3.49. The zero-order valence-electron chi connectivity index (χ0n) is 10.5. The molecule has 16 heavy (non-hydrogen) atoms. The van der Waals surface area contributed by atoms with Crippen LogP contribution in [-0.4, -0.2) is 36.6 Å². The second-order valence-corrected chi connectivity index (χ2v) is 6.04. The van der Waals surface area contributed by atoms with E-state index in [1.807, 2.05) is 0 Å². The second kappa shape index (κ2) is 5.05. The molecule has 0 amide bonds. The van der Waals surface area contributed by atoms with Crippen molar-refractivity contribution in [1.82, 2.24) is 10.2 Å². The van der Waals surface area contributed by atoms with Gasteiger partial charge >= 0.3 is 0 Å². The van der Waals surface area contributed by atoms with Gasteiger partial charge in [-0.15, -0.1) is 0 Å². The van der Waals surface area contributed by atoms with Gasteiger partial charge in [-0.05, 0) is 57.5 Å². The first kappa shape index (κ1) is 11.0. The maximum atomic E-state index is 3.66.